The lowest BCUT2D eigenvalue weighted by molar-refractivity contribution is 1.09. The van der Waals surface area contributed by atoms with Crippen LogP contribution in [0.25, 0.3) is 0 Å². The molecule has 1 aromatic rings. The van der Waals surface area contributed by atoms with Crippen molar-refractivity contribution in [3.8, 4) is 0 Å². The van der Waals surface area contributed by atoms with Gasteiger partial charge in [-0.2, -0.15) is 0 Å². The zero-order valence-electron chi connectivity index (χ0n) is 6.45. The molecule has 0 amide bonds. The van der Waals surface area contributed by atoms with E-state index in [1.807, 2.05) is 0 Å². The molecule has 0 aliphatic carbocycles. The van der Waals surface area contributed by atoms with Crippen LogP contribution in [0.15, 0.2) is 17.3 Å². The predicted octanol–water partition coefficient (Wildman–Crippen LogP) is 1.56. The summed E-state index contributed by atoms with van der Waals surface area (Å²) in [6, 6.07) is 0. The minimum Gasteiger partial charge on any atom is -0.368 e. The molecule has 0 spiro atoms. The largest absolute Gasteiger partial charge is 0.368 e. The molecule has 1 rings (SSSR count). The van der Waals surface area contributed by atoms with E-state index in [0.29, 0.717) is 5.95 Å². The highest BCUT2D eigenvalue weighted by molar-refractivity contribution is 7.99. The van der Waals surface area contributed by atoms with Crippen LogP contribution in [0.5, 0.6) is 0 Å². The Morgan fingerprint density at radius 3 is 2.64 bits per heavy atom. The average Bonchev–Trinajstić information content (AvgIpc) is 2.04. The zero-order valence-corrected chi connectivity index (χ0v) is 7.27. The van der Waals surface area contributed by atoms with E-state index in [0.717, 1.165) is 17.1 Å². The number of hydrogen-bond donors (Lipinski definition) is 1. The van der Waals surface area contributed by atoms with Crippen molar-refractivity contribution in [2.45, 2.75) is 18.2 Å². The molecule has 4 heteroatoms. The molecule has 11 heavy (non-hydrogen) atoms. The number of anilines is 1. The SMILES string of the molecule is CCCSc1cnc(N)nc1. The van der Waals surface area contributed by atoms with Gasteiger partial charge in [0.15, 0.2) is 0 Å². The molecule has 2 N–H and O–H groups in total. The molecular formula is C7H11N3S. The van der Waals surface area contributed by atoms with E-state index in [-0.39, 0.29) is 0 Å². The van der Waals surface area contributed by atoms with Crippen molar-refractivity contribution >= 4 is 17.7 Å². The molecule has 1 heterocycles. The summed E-state index contributed by atoms with van der Waals surface area (Å²) >= 11 is 1.75. The minimum absolute atomic E-state index is 0.339. The summed E-state index contributed by atoms with van der Waals surface area (Å²) in [5, 5.41) is 0. The van der Waals surface area contributed by atoms with Gasteiger partial charge in [0.05, 0.1) is 0 Å². The van der Waals surface area contributed by atoms with E-state index in [1.54, 1.807) is 24.2 Å². The maximum absolute atomic E-state index is 5.32. The number of nitrogens with two attached hydrogens (primary N) is 1. The monoisotopic (exact) mass is 169 g/mol. The Labute approximate surface area is 70.4 Å². The summed E-state index contributed by atoms with van der Waals surface area (Å²) < 4.78 is 0. The van der Waals surface area contributed by atoms with Crippen LogP contribution < -0.4 is 5.73 Å². The van der Waals surface area contributed by atoms with E-state index in [2.05, 4.69) is 16.9 Å². The number of nitrogens with zero attached hydrogens (tertiary/aromatic N) is 2. The summed E-state index contributed by atoms with van der Waals surface area (Å²) in [6.45, 7) is 2.14. The molecule has 0 unspecified atom stereocenters. The predicted molar refractivity (Wildman–Crippen MR) is 47.5 cm³/mol. The molecule has 0 atom stereocenters. The normalized spacial score (nSPS) is 9.91. The van der Waals surface area contributed by atoms with E-state index in [4.69, 9.17) is 5.73 Å². The summed E-state index contributed by atoms with van der Waals surface area (Å²) in [5.74, 6) is 1.44. The van der Waals surface area contributed by atoms with Gasteiger partial charge in [-0.3, -0.25) is 0 Å². The number of nitrogen functional groups attached to an aromatic ring is 1. The molecule has 0 aliphatic rings. The van der Waals surface area contributed by atoms with Crippen LogP contribution in [0.2, 0.25) is 0 Å². The maximum atomic E-state index is 5.32. The highest BCUT2D eigenvalue weighted by Gasteiger charge is 1.92. The molecule has 1 aromatic heterocycles. The Balaban J connectivity index is 2.52. The Hall–Kier alpha value is -0.770. The van der Waals surface area contributed by atoms with Crippen LogP contribution in [0.4, 0.5) is 5.95 Å². The molecule has 0 aromatic carbocycles. The van der Waals surface area contributed by atoms with Gasteiger partial charge in [-0.15, -0.1) is 11.8 Å². The van der Waals surface area contributed by atoms with Crippen molar-refractivity contribution in [3.05, 3.63) is 12.4 Å². The first-order chi connectivity index (χ1) is 5.33. The zero-order chi connectivity index (χ0) is 8.10. The Morgan fingerprint density at radius 2 is 2.09 bits per heavy atom. The first-order valence-corrected chi connectivity index (χ1v) is 4.52. The summed E-state index contributed by atoms with van der Waals surface area (Å²) in [4.78, 5) is 8.84. The molecule has 0 saturated carbocycles. The van der Waals surface area contributed by atoms with E-state index in [9.17, 15) is 0 Å². The second-order valence-corrected chi connectivity index (χ2v) is 3.29. The van der Waals surface area contributed by atoms with Gasteiger partial charge in [0.25, 0.3) is 0 Å². The van der Waals surface area contributed by atoms with Crippen LogP contribution in [-0.4, -0.2) is 15.7 Å². The second-order valence-electron chi connectivity index (χ2n) is 2.13. The van der Waals surface area contributed by atoms with Crippen molar-refractivity contribution < 1.29 is 0 Å². The molecule has 0 aliphatic heterocycles. The van der Waals surface area contributed by atoms with Crippen LogP contribution in [0, 0.1) is 0 Å². The molecule has 3 nitrogen and oxygen atoms in total. The van der Waals surface area contributed by atoms with Gasteiger partial charge < -0.3 is 5.73 Å². The van der Waals surface area contributed by atoms with Crippen molar-refractivity contribution in [1.82, 2.24) is 9.97 Å². The van der Waals surface area contributed by atoms with Crippen LogP contribution in [-0.2, 0) is 0 Å². The smallest absolute Gasteiger partial charge is 0.219 e. The van der Waals surface area contributed by atoms with Crippen molar-refractivity contribution in [1.29, 1.82) is 0 Å². The Morgan fingerprint density at radius 1 is 1.45 bits per heavy atom. The third kappa shape index (κ3) is 2.76. The standard InChI is InChI=1S/C7H11N3S/c1-2-3-11-6-4-9-7(8)10-5-6/h4-5H,2-3H2,1H3,(H2,8,9,10). The minimum atomic E-state index is 0.339. The average molecular weight is 169 g/mol. The number of aromatic nitrogens is 2. The van der Waals surface area contributed by atoms with Gasteiger partial charge in [0.2, 0.25) is 5.95 Å². The lowest BCUT2D eigenvalue weighted by atomic mass is 10.6. The van der Waals surface area contributed by atoms with Crippen LogP contribution >= 0.6 is 11.8 Å². The van der Waals surface area contributed by atoms with Crippen molar-refractivity contribution in [2.24, 2.45) is 0 Å². The topological polar surface area (TPSA) is 51.8 Å². The number of rotatable bonds is 3. The second kappa shape index (κ2) is 4.18. The van der Waals surface area contributed by atoms with Crippen LogP contribution in [0.3, 0.4) is 0 Å². The molecule has 0 saturated heterocycles. The van der Waals surface area contributed by atoms with Gasteiger partial charge >= 0.3 is 0 Å². The quantitative estimate of drug-likeness (QED) is 0.698. The fourth-order valence-electron chi connectivity index (χ4n) is 0.621. The summed E-state index contributed by atoms with van der Waals surface area (Å²) in [5.41, 5.74) is 5.32. The molecule has 0 fully saturated rings. The van der Waals surface area contributed by atoms with E-state index >= 15 is 0 Å². The van der Waals surface area contributed by atoms with E-state index in [1.165, 1.54) is 0 Å². The summed E-state index contributed by atoms with van der Waals surface area (Å²) in [6.07, 6.45) is 4.67. The Bertz CT molecular complexity index is 209. The van der Waals surface area contributed by atoms with Crippen molar-refractivity contribution in [2.75, 3.05) is 11.5 Å². The lowest BCUT2D eigenvalue weighted by Gasteiger charge is -1.97. The lowest BCUT2D eigenvalue weighted by Crippen LogP contribution is -1.92. The first-order valence-electron chi connectivity index (χ1n) is 3.53. The molecule has 0 bridgehead atoms. The first kappa shape index (κ1) is 8.33. The summed E-state index contributed by atoms with van der Waals surface area (Å²) in [7, 11) is 0. The molecule has 60 valence electrons. The van der Waals surface area contributed by atoms with Gasteiger partial charge in [0, 0.05) is 17.3 Å². The van der Waals surface area contributed by atoms with E-state index < -0.39 is 0 Å². The number of thioether (sulfide) groups is 1. The third-order valence-electron chi connectivity index (χ3n) is 1.12. The maximum Gasteiger partial charge on any atom is 0.219 e. The molecule has 0 radical (unpaired) electrons. The van der Waals surface area contributed by atoms with Gasteiger partial charge in [-0.1, -0.05) is 6.92 Å². The van der Waals surface area contributed by atoms with Gasteiger partial charge in [-0.05, 0) is 12.2 Å². The van der Waals surface area contributed by atoms with Gasteiger partial charge in [0.1, 0.15) is 0 Å². The third-order valence-corrected chi connectivity index (χ3v) is 2.28. The number of hydrogen-bond acceptors (Lipinski definition) is 4. The fourth-order valence-corrected chi connectivity index (χ4v) is 1.31. The van der Waals surface area contributed by atoms with Crippen LogP contribution in [0.1, 0.15) is 13.3 Å². The fraction of sp³-hybridized carbons (Fsp3) is 0.429. The van der Waals surface area contributed by atoms with Gasteiger partial charge in [-0.25, -0.2) is 9.97 Å². The highest BCUT2D eigenvalue weighted by atomic mass is 32.2. The Kier molecular flexibility index (Phi) is 3.16. The highest BCUT2D eigenvalue weighted by Crippen LogP contribution is 2.15. The van der Waals surface area contributed by atoms with Crippen molar-refractivity contribution in [3.63, 3.8) is 0 Å². The molecular weight excluding hydrogens is 158 g/mol.